The third-order valence-corrected chi connectivity index (χ3v) is 7.82. The van der Waals surface area contributed by atoms with Crippen LogP contribution in [0.3, 0.4) is 0 Å². The molecule has 0 bridgehead atoms. The molecular weight excluding hydrogens is 596 g/mol. The summed E-state index contributed by atoms with van der Waals surface area (Å²) >= 11 is 0. The second kappa shape index (κ2) is 22.0. The van der Waals surface area contributed by atoms with E-state index < -0.39 is 11.8 Å². The lowest BCUT2D eigenvalue weighted by Gasteiger charge is -2.13. The van der Waals surface area contributed by atoms with Crippen molar-refractivity contribution in [3.63, 3.8) is 0 Å². The fraction of sp³-hybridized carbons (Fsp3) is 0.514. The van der Waals surface area contributed by atoms with E-state index in [1.165, 1.54) is 114 Å². The van der Waals surface area contributed by atoms with E-state index in [1.54, 1.807) is 24.3 Å². The molecule has 0 atom stereocenters. The number of hydrogen-bond acceptors (Lipinski definition) is 10. The van der Waals surface area contributed by atoms with Crippen molar-refractivity contribution < 1.29 is 19.8 Å². The summed E-state index contributed by atoms with van der Waals surface area (Å²) in [6.07, 6.45) is 20.8. The third kappa shape index (κ3) is 14.6. The highest BCUT2D eigenvalue weighted by Crippen LogP contribution is 2.17. The van der Waals surface area contributed by atoms with Gasteiger partial charge in [0.25, 0.3) is 11.8 Å². The van der Waals surface area contributed by atoms with E-state index in [0.29, 0.717) is 6.54 Å². The zero-order valence-corrected chi connectivity index (χ0v) is 27.7. The highest BCUT2D eigenvalue weighted by atomic mass is 16.3. The molecule has 256 valence electrons. The molecule has 1 heterocycles. The second-order valence-electron chi connectivity index (χ2n) is 11.7. The Morgan fingerprint density at radius 1 is 0.532 bits per heavy atom. The maximum atomic E-state index is 12.5. The van der Waals surface area contributed by atoms with Crippen molar-refractivity contribution in [1.82, 2.24) is 25.8 Å². The number of phenolic OH excluding ortho intramolecular Hbond substituents is 2. The van der Waals surface area contributed by atoms with Gasteiger partial charge in [-0.3, -0.25) is 31.3 Å². The van der Waals surface area contributed by atoms with Crippen molar-refractivity contribution >= 4 is 29.7 Å². The normalized spacial score (nSPS) is 10.7. The van der Waals surface area contributed by atoms with E-state index in [9.17, 15) is 19.8 Å². The Balaban J connectivity index is 1.39. The summed E-state index contributed by atoms with van der Waals surface area (Å²) in [7, 11) is 0. The standard InChI is InChI=1S/C35H52N8O4/c1-2-3-4-5-6-7-8-9-10-11-12-13-14-15-16-21-26-36-33-37-34(42-40-31(46)27-22-17-19-24-29(27)44)39-35(38-33)43-41-32(47)28-23-18-20-25-30(28)45/h17-20,22-25,44-45H,2-16,21,26H2,1H3,(H,40,46)(H,41,47)(H3,36,37,38,39,42,43). The van der Waals surface area contributed by atoms with Gasteiger partial charge in [0.05, 0.1) is 11.1 Å². The summed E-state index contributed by atoms with van der Waals surface area (Å²) in [6.45, 7) is 2.90. The smallest absolute Gasteiger partial charge is 0.273 e. The SMILES string of the molecule is CCCCCCCCCCCCCCCCCCNc1nc(NNC(=O)c2ccccc2O)nc(NNC(=O)c2ccccc2O)n1. The number of nitrogens with one attached hydrogen (secondary N) is 5. The predicted molar refractivity (Wildman–Crippen MR) is 186 cm³/mol. The zero-order valence-electron chi connectivity index (χ0n) is 27.7. The minimum Gasteiger partial charge on any atom is -0.507 e. The Morgan fingerprint density at radius 2 is 0.894 bits per heavy atom. The minimum absolute atomic E-state index is 0.00227. The molecule has 0 saturated carbocycles. The maximum Gasteiger partial charge on any atom is 0.273 e. The average molecular weight is 649 g/mol. The van der Waals surface area contributed by atoms with Crippen LogP contribution in [0, 0.1) is 0 Å². The molecule has 0 aliphatic heterocycles. The predicted octanol–water partition coefficient (Wildman–Crippen LogP) is 7.47. The van der Waals surface area contributed by atoms with Crippen molar-refractivity contribution in [1.29, 1.82) is 0 Å². The zero-order chi connectivity index (χ0) is 33.5. The Kier molecular flexibility index (Phi) is 17.3. The molecular formula is C35H52N8O4. The van der Waals surface area contributed by atoms with Crippen molar-refractivity contribution in [3.05, 3.63) is 59.7 Å². The lowest BCUT2D eigenvalue weighted by atomic mass is 10.0. The van der Waals surface area contributed by atoms with Gasteiger partial charge in [0.2, 0.25) is 17.8 Å². The van der Waals surface area contributed by atoms with Crippen LogP contribution in [0.5, 0.6) is 11.5 Å². The molecule has 3 aromatic rings. The lowest BCUT2D eigenvalue weighted by molar-refractivity contribution is 0.0951. The highest BCUT2D eigenvalue weighted by Gasteiger charge is 2.14. The van der Waals surface area contributed by atoms with Gasteiger partial charge in [-0.1, -0.05) is 128 Å². The van der Waals surface area contributed by atoms with Gasteiger partial charge in [-0.05, 0) is 30.7 Å². The first-order valence-corrected chi connectivity index (χ1v) is 17.2. The molecule has 1 aromatic heterocycles. The van der Waals surface area contributed by atoms with Crippen molar-refractivity contribution in [2.24, 2.45) is 0 Å². The number of carbonyl (C=O) groups excluding carboxylic acids is 2. The molecule has 0 unspecified atom stereocenters. The van der Waals surface area contributed by atoms with E-state index in [-0.39, 0.29) is 40.5 Å². The first kappa shape index (κ1) is 36.9. The number of unbranched alkanes of at least 4 members (excludes halogenated alkanes) is 15. The van der Waals surface area contributed by atoms with Crippen LogP contribution in [-0.4, -0.2) is 43.5 Å². The molecule has 12 nitrogen and oxygen atoms in total. The Hall–Kier alpha value is -4.61. The topological polar surface area (TPSA) is 173 Å². The molecule has 2 aromatic carbocycles. The summed E-state index contributed by atoms with van der Waals surface area (Å²) in [6, 6.07) is 12.3. The van der Waals surface area contributed by atoms with E-state index in [0.717, 1.165) is 12.8 Å². The van der Waals surface area contributed by atoms with Crippen LogP contribution in [0.4, 0.5) is 17.8 Å². The molecule has 2 amide bonds. The van der Waals surface area contributed by atoms with Crippen LogP contribution >= 0.6 is 0 Å². The molecule has 3 rings (SSSR count). The second-order valence-corrected chi connectivity index (χ2v) is 11.7. The number of aromatic hydroxyl groups is 2. The fourth-order valence-electron chi connectivity index (χ4n) is 5.13. The summed E-state index contributed by atoms with van der Waals surface area (Å²) in [5.74, 6) is -1.28. The van der Waals surface area contributed by atoms with E-state index >= 15 is 0 Å². The van der Waals surface area contributed by atoms with Crippen LogP contribution in [0.15, 0.2) is 48.5 Å². The lowest BCUT2D eigenvalue weighted by Crippen LogP contribution is -2.32. The summed E-state index contributed by atoms with van der Waals surface area (Å²) in [5, 5.41) is 23.1. The van der Waals surface area contributed by atoms with E-state index in [4.69, 9.17) is 0 Å². The van der Waals surface area contributed by atoms with Crippen molar-refractivity contribution in [3.8, 4) is 11.5 Å². The third-order valence-electron chi connectivity index (χ3n) is 7.82. The summed E-state index contributed by atoms with van der Waals surface area (Å²) in [4.78, 5) is 37.9. The number of amides is 2. The molecule has 47 heavy (non-hydrogen) atoms. The maximum absolute atomic E-state index is 12.5. The Labute approximate surface area is 278 Å². The number of benzene rings is 2. The number of carbonyl (C=O) groups is 2. The number of para-hydroxylation sites is 2. The van der Waals surface area contributed by atoms with Crippen molar-refractivity contribution in [2.75, 3.05) is 22.7 Å². The first-order chi connectivity index (χ1) is 23.0. The molecule has 7 N–H and O–H groups in total. The molecule has 0 spiro atoms. The van der Waals surface area contributed by atoms with E-state index in [1.807, 2.05) is 0 Å². The average Bonchev–Trinajstić information content (AvgIpc) is 3.08. The Morgan fingerprint density at radius 3 is 1.30 bits per heavy atom. The minimum atomic E-state index is -0.589. The molecule has 0 fully saturated rings. The quantitative estimate of drug-likeness (QED) is 0.0381. The molecule has 0 aliphatic carbocycles. The molecule has 0 aliphatic rings. The van der Waals surface area contributed by atoms with Gasteiger partial charge >= 0.3 is 0 Å². The highest BCUT2D eigenvalue weighted by molar-refractivity contribution is 5.97. The fourth-order valence-corrected chi connectivity index (χ4v) is 5.13. The number of hydrogen-bond donors (Lipinski definition) is 7. The van der Waals surface area contributed by atoms with Crippen LogP contribution < -0.4 is 27.0 Å². The van der Waals surface area contributed by atoms with Gasteiger partial charge in [-0.15, -0.1) is 0 Å². The van der Waals surface area contributed by atoms with Crippen LogP contribution in [0.2, 0.25) is 0 Å². The number of phenols is 2. The largest absolute Gasteiger partial charge is 0.507 e. The van der Waals surface area contributed by atoms with Crippen molar-refractivity contribution in [2.45, 2.75) is 110 Å². The van der Waals surface area contributed by atoms with Gasteiger partial charge < -0.3 is 15.5 Å². The van der Waals surface area contributed by atoms with E-state index in [2.05, 4.69) is 48.9 Å². The van der Waals surface area contributed by atoms with Crippen LogP contribution in [-0.2, 0) is 0 Å². The number of aromatic nitrogens is 3. The number of hydrazine groups is 2. The summed E-state index contributed by atoms with van der Waals surface area (Å²) < 4.78 is 0. The number of rotatable bonds is 24. The summed E-state index contributed by atoms with van der Waals surface area (Å²) in [5.41, 5.74) is 10.3. The van der Waals surface area contributed by atoms with Gasteiger partial charge in [-0.25, -0.2) is 0 Å². The molecule has 0 saturated heterocycles. The molecule has 0 radical (unpaired) electrons. The van der Waals surface area contributed by atoms with Crippen LogP contribution in [0.25, 0.3) is 0 Å². The molecule has 12 heteroatoms. The number of nitrogens with zero attached hydrogens (tertiary/aromatic N) is 3. The van der Waals surface area contributed by atoms with Gasteiger partial charge in [0.15, 0.2) is 0 Å². The van der Waals surface area contributed by atoms with Crippen LogP contribution in [0.1, 0.15) is 130 Å². The van der Waals surface area contributed by atoms with Gasteiger partial charge in [-0.2, -0.15) is 15.0 Å². The monoisotopic (exact) mass is 648 g/mol. The number of anilines is 3. The van der Waals surface area contributed by atoms with Gasteiger partial charge in [0, 0.05) is 6.54 Å². The Bertz CT molecular complexity index is 1280. The van der Waals surface area contributed by atoms with Gasteiger partial charge in [0.1, 0.15) is 11.5 Å². The first-order valence-electron chi connectivity index (χ1n) is 17.2.